The number of halogens is 2. The van der Waals surface area contributed by atoms with Gasteiger partial charge in [-0.25, -0.2) is 4.68 Å². The lowest BCUT2D eigenvalue weighted by Gasteiger charge is -2.08. The number of nitrogens with zero attached hydrogens (tertiary/aromatic N) is 2. The van der Waals surface area contributed by atoms with Crippen LogP contribution in [0, 0.1) is 0 Å². The van der Waals surface area contributed by atoms with Gasteiger partial charge in [-0.2, -0.15) is 5.10 Å². The fourth-order valence-corrected chi connectivity index (χ4v) is 2.53. The summed E-state index contributed by atoms with van der Waals surface area (Å²) in [5.74, 6) is 0. The number of hydrogen-bond donors (Lipinski definition) is 1. The molecule has 6 heteroatoms. The summed E-state index contributed by atoms with van der Waals surface area (Å²) in [6, 6.07) is 8.23. The Kier molecular flexibility index (Phi) is 5.20. The van der Waals surface area contributed by atoms with Crippen molar-refractivity contribution < 1.29 is 0 Å². The highest BCUT2D eigenvalue weighted by molar-refractivity contribution is 9.10. The maximum absolute atomic E-state index is 11.6. The molecule has 0 saturated heterocycles. The highest BCUT2D eigenvalue weighted by Crippen LogP contribution is 2.16. The quantitative estimate of drug-likeness (QED) is 0.837. The molecular formula is C14H15BrClN3O. The van der Waals surface area contributed by atoms with Crippen molar-refractivity contribution in [3.05, 3.63) is 55.9 Å². The van der Waals surface area contributed by atoms with E-state index < -0.39 is 0 Å². The van der Waals surface area contributed by atoms with E-state index in [0.717, 1.165) is 23.9 Å². The van der Waals surface area contributed by atoms with Crippen molar-refractivity contribution in [2.24, 2.45) is 7.05 Å². The molecule has 0 unspecified atom stereocenters. The van der Waals surface area contributed by atoms with Crippen LogP contribution in [0.5, 0.6) is 0 Å². The molecule has 2 rings (SSSR count). The van der Waals surface area contributed by atoms with Crippen molar-refractivity contribution in [2.75, 3.05) is 11.9 Å². The lowest BCUT2D eigenvalue weighted by atomic mass is 10.1. The van der Waals surface area contributed by atoms with E-state index in [1.54, 1.807) is 13.2 Å². The number of nitrogens with one attached hydrogen (secondary N) is 1. The Bertz CT molecular complexity index is 657. The van der Waals surface area contributed by atoms with Gasteiger partial charge < -0.3 is 5.32 Å². The maximum Gasteiger partial charge on any atom is 0.287 e. The number of rotatable bonds is 5. The third-order valence-electron chi connectivity index (χ3n) is 2.92. The zero-order valence-electron chi connectivity index (χ0n) is 11.1. The average Bonchev–Trinajstić information content (AvgIpc) is 2.43. The Balaban J connectivity index is 1.88. The number of hydrogen-bond acceptors (Lipinski definition) is 3. The zero-order valence-corrected chi connectivity index (χ0v) is 13.4. The van der Waals surface area contributed by atoms with Crippen LogP contribution in [-0.4, -0.2) is 16.3 Å². The lowest BCUT2D eigenvalue weighted by molar-refractivity contribution is 0.707. The summed E-state index contributed by atoms with van der Waals surface area (Å²) in [5, 5.41) is 7.27. The molecule has 0 amide bonds. The van der Waals surface area contributed by atoms with Crippen molar-refractivity contribution in [2.45, 2.75) is 12.8 Å². The Hall–Kier alpha value is -1.33. The van der Waals surface area contributed by atoms with Gasteiger partial charge >= 0.3 is 0 Å². The minimum absolute atomic E-state index is 0.185. The molecule has 1 aromatic carbocycles. The predicted molar refractivity (Wildman–Crippen MR) is 85.4 cm³/mol. The standard InChI is InChI=1S/C14H15BrClN3O/c1-19-14(20)13(16)12(9-18-19)17-7-3-5-10-4-2-6-11(15)8-10/h2,4,6,8-9,17H,3,5,7H2,1H3. The second-order valence-electron chi connectivity index (χ2n) is 4.46. The fraction of sp³-hybridized carbons (Fsp3) is 0.286. The second-order valence-corrected chi connectivity index (χ2v) is 5.75. The number of aryl methyl sites for hydroxylation is 2. The first-order valence-corrected chi connectivity index (χ1v) is 7.45. The molecule has 0 saturated carbocycles. The minimum Gasteiger partial charge on any atom is -0.382 e. The average molecular weight is 357 g/mol. The van der Waals surface area contributed by atoms with Crippen LogP contribution in [-0.2, 0) is 13.5 Å². The first-order chi connectivity index (χ1) is 9.58. The zero-order chi connectivity index (χ0) is 14.5. The highest BCUT2D eigenvalue weighted by Gasteiger charge is 2.06. The molecule has 1 heterocycles. The summed E-state index contributed by atoms with van der Waals surface area (Å²) in [6.07, 6.45) is 3.48. The summed E-state index contributed by atoms with van der Waals surface area (Å²) < 4.78 is 2.30. The van der Waals surface area contributed by atoms with Crippen molar-refractivity contribution >= 4 is 33.2 Å². The molecule has 0 radical (unpaired) electrons. The van der Waals surface area contributed by atoms with Crippen LogP contribution in [0.25, 0.3) is 0 Å². The van der Waals surface area contributed by atoms with E-state index in [0.29, 0.717) is 5.69 Å². The van der Waals surface area contributed by atoms with Crippen LogP contribution < -0.4 is 10.9 Å². The second kappa shape index (κ2) is 6.90. The van der Waals surface area contributed by atoms with E-state index in [1.165, 1.54) is 10.2 Å². The summed E-state index contributed by atoms with van der Waals surface area (Å²) in [7, 11) is 1.57. The lowest BCUT2D eigenvalue weighted by Crippen LogP contribution is -2.21. The van der Waals surface area contributed by atoms with Gasteiger partial charge in [0.1, 0.15) is 5.02 Å². The van der Waals surface area contributed by atoms with Gasteiger partial charge in [0, 0.05) is 18.1 Å². The van der Waals surface area contributed by atoms with Gasteiger partial charge in [-0.1, -0.05) is 39.7 Å². The number of aromatic nitrogens is 2. The first-order valence-electron chi connectivity index (χ1n) is 6.28. The molecule has 0 bridgehead atoms. The topological polar surface area (TPSA) is 46.9 Å². The van der Waals surface area contributed by atoms with E-state index >= 15 is 0 Å². The summed E-state index contributed by atoms with van der Waals surface area (Å²) >= 11 is 9.43. The number of benzene rings is 1. The minimum atomic E-state index is -0.288. The summed E-state index contributed by atoms with van der Waals surface area (Å²) in [5.41, 5.74) is 1.57. The fourth-order valence-electron chi connectivity index (χ4n) is 1.84. The van der Waals surface area contributed by atoms with Gasteiger partial charge in [0.25, 0.3) is 5.56 Å². The normalized spacial score (nSPS) is 10.6. The Morgan fingerprint density at radius 3 is 3.00 bits per heavy atom. The van der Waals surface area contributed by atoms with Gasteiger partial charge in [-0.3, -0.25) is 4.79 Å². The third kappa shape index (κ3) is 3.84. The molecule has 1 aromatic heterocycles. The first kappa shape index (κ1) is 15.1. The van der Waals surface area contributed by atoms with Crippen LogP contribution in [0.4, 0.5) is 5.69 Å². The van der Waals surface area contributed by atoms with E-state index in [1.807, 2.05) is 12.1 Å². The van der Waals surface area contributed by atoms with Crippen LogP contribution >= 0.6 is 27.5 Å². The van der Waals surface area contributed by atoms with Crippen molar-refractivity contribution in [1.82, 2.24) is 9.78 Å². The molecule has 0 aliphatic rings. The molecular weight excluding hydrogens is 342 g/mol. The molecule has 4 nitrogen and oxygen atoms in total. The molecule has 0 spiro atoms. The Labute approximate surface area is 130 Å². The van der Waals surface area contributed by atoms with Gasteiger partial charge in [0.2, 0.25) is 0 Å². The molecule has 106 valence electrons. The van der Waals surface area contributed by atoms with Gasteiger partial charge in [0.15, 0.2) is 0 Å². The van der Waals surface area contributed by atoms with Gasteiger partial charge in [0.05, 0.1) is 11.9 Å². The van der Waals surface area contributed by atoms with Crippen LogP contribution in [0.15, 0.2) is 39.7 Å². The Morgan fingerprint density at radius 2 is 2.25 bits per heavy atom. The van der Waals surface area contributed by atoms with Crippen molar-refractivity contribution in [1.29, 1.82) is 0 Å². The number of anilines is 1. The smallest absolute Gasteiger partial charge is 0.287 e. The highest BCUT2D eigenvalue weighted by atomic mass is 79.9. The summed E-state index contributed by atoms with van der Waals surface area (Å²) in [4.78, 5) is 11.6. The van der Waals surface area contributed by atoms with Crippen molar-refractivity contribution in [3.63, 3.8) is 0 Å². The van der Waals surface area contributed by atoms with Gasteiger partial charge in [-0.15, -0.1) is 0 Å². The van der Waals surface area contributed by atoms with E-state index in [-0.39, 0.29) is 10.6 Å². The molecule has 2 aromatic rings. The predicted octanol–water partition coefficient (Wildman–Crippen LogP) is 3.24. The van der Waals surface area contributed by atoms with Crippen LogP contribution in [0.1, 0.15) is 12.0 Å². The molecule has 0 aliphatic carbocycles. The molecule has 20 heavy (non-hydrogen) atoms. The van der Waals surface area contributed by atoms with Crippen LogP contribution in [0.3, 0.4) is 0 Å². The molecule has 0 fully saturated rings. The van der Waals surface area contributed by atoms with Crippen molar-refractivity contribution in [3.8, 4) is 0 Å². The molecule has 1 N–H and O–H groups in total. The maximum atomic E-state index is 11.6. The SMILES string of the molecule is Cn1ncc(NCCCc2cccc(Br)c2)c(Cl)c1=O. The van der Waals surface area contributed by atoms with Gasteiger partial charge in [-0.05, 0) is 30.5 Å². The molecule has 0 aliphatic heterocycles. The van der Waals surface area contributed by atoms with E-state index in [4.69, 9.17) is 11.6 Å². The Morgan fingerprint density at radius 1 is 1.45 bits per heavy atom. The monoisotopic (exact) mass is 355 g/mol. The van der Waals surface area contributed by atoms with Crippen LogP contribution in [0.2, 0.25) is 5.02 Å². The third-order valence-corrected chi connectivity index (χ3v) is 3.78. The van der Waals surface area contributed by atoms with E-state index in [2.05, 4.69) is 38.5 Å². The summed E-state index contributed by atoms with van der Waals surface area (Å²) in [6.45, 7) is 0.737. The largest absolute Gasteiger partial charge is 0.382 e. The molecule has 0 atom stereocenters. The van der Waals surface area contributed by atoms with E-state index in [9.17, 15) is 4.79 Å².